The second-order valence-corrected chi connectivity index (χ2v) is 8.26. The van der Waals surface area contributed by atoms with Crippen LogP contribution in [-0.2, 0) is 14.6 Å². The zero-order valence-corrected chi connectivity index (χ0v) is 11.1. The molecule has 1 aliphatic heterocycles. The zero-order chi connectivity index (χ0) is 12.6. The van der Waals surface area contributed by atoms with Crippen molar-refractivity contribution in [3.05, 3.63) is 30.3 Å². The molecule has 4 heteroatoms. The number of benzene rings is 1. The molecule has 3 nitrogen and oxygen atoms in total. The molecule has 2 aliphatic carbocycles. The summed E-state index contributed by atoms with van der Waals surface area (Å²) < 4.78 is 30.8. The van der Waals surface area contributed by atoms with Crippen LogP contribution in [0, 0.1) is 5.92 Å². The second-order valence-electron chi connectivity index (χ2n) is 6.02. The molecule has 1 aromatic carbocycles. The monoisotopic (exact) mass is 264 g/mol. The minimum atomic E-state index is -3.26. The van der Waals surface area contributed by atoms with Crippen LogP contribution in [-0.4, -0.2) is 24.9 Å². The molecule has 3 aliphatic rings. The fourth-order valence-corrected chi connectivity index (χ4v) is 6.30. The number of sulfone groups is 1. The standard InChI is InChI=1S/C14H16O3S/c1-13-8-7-10-9-14(10,12(13)17-13)18(15,16)11-5-3-2-4-6-11/h2-6,10,12H,7-9H2,1H3/t10-,12-,13+,14-/m0/s1. The number of fused-ring (bicyclic) bond motifs is 3. The minimum Gasteiger partial charge on any atom is -0.365 e. The van der Waals surface area contributed by atoms with Gasteiger partial charge in [0, 0.05) is 0 Å². The number of ether oxygens (including phenoxy) is 1. The van der Waals surface area contributed by atoms with Gasteiger partial charge in [0.15, 0.2) is 9.84 Å². The van der Waals surface area contributed by atoms with Crippen molar-refractivity contribution in [2.24, 2.45) is 5.92 Å². The van der Waals surface area contributed by atoms with Crippen molar-refractivity contribution >= 4 is 9.84 Å². The quantitative estimate of drug-likeness (QED) is 0.769. The number of rotatable bonds is 2. The van der Waals surface area contributed by atoms with E-state index in [4.69, 9.17) is 4.74 Å². The largest absolute Gasteiger partial charge is 0.365 e. The van der Waals surface area contributed by atoms with Crippen molar-refractivity contribution in [1.82, 2.24) is 0 Å². The van der Waals surface area contributed by atoms with Gasteiger partial charge in [-0.25, -0.2) is 8.42 Å². The molecule has 0 unspecified atom stereocenters. The molecule has 0 N–H and O–H groups in total. The highest BCUT2D eigenvalue weighted by Gasteiger charge is 2.80. The molecule has 1 aromatic rings. The Morgan fingerprint density at radius 1 is 1.28 bits per heavy atom. The summed E-state index contributed by atoms with van der Waals surface area (Å²) in [6, 6.07) is 8.83. The van der Waals surface area contributed by atoms with E-state index in [-0.39, 0.29) is 11.7 Å². The van der Waals surface area contributed by atoms with Gasteiger partial charge in [0.25, 0.3) is 0 Å². The molecule has 96 valence electrons. The number of epoxide rings is 1. The molecular weight excluding hydrogens is 248 g/mol. The predicted octanol–water partition coefficient (Wildman–Crippen LogP) is 2.17. The van der Waals surface area contributed by atoms with Crippen LogP contribution in [0.1, 0.15) is 26.2 Å². The van der Waals surface area contributed by atoms with E-state index in [1.165, 1.54) is 0 Å². The lowest BCUT2D eigenvalue weighted by atomic mass is 9.90. The SMILES string of the molecule is C[C@@]12CC[C@H]3C[C@@]3(S(=O)(=O)c3ccccc3)[C@H]1O2. The van der Waals surface area contributed by atoms with E-state index in [0.29, 0.717) is 10.8 Å². The third kappa shape index (κ3) is 1.11. The van der Waals surface area contributed by atoms with Crippen molar-refractivity contribution in [1.29, 1.82) is 0 Å². The van der Waals surface area contributed by atoms with Crippen LogP contribution in [0.25, 0.3) is 0 Å². The Morgan fingerprint density at radius 2 is 2.00 bits per heavy atom. The van der Waals surface area contributed by atoms with E-state index in [2.05, 4.69) is 6.92 Å². The highest BCUT2D eigenvalue weighted by Crippen LogP contribution is 2.70. The van der Waals surface area contributed by atoms with E-state index in [1.54, 1.807) is 24.3 Å². The molecule has 1 heterocycles. The summed E-state index contributed by atoms with van der Waals surface area (Å²) in [6.45, 7) is 2.05. The van der Waals surface area contributed by atoms with E-state index < -0.39 is 14.6 Å². The van der Waals surface area contributed by atoms with Crippen molar-refractivity contribution in [3.8, 4) is 0 Å². The highest BCUT2D eigenvalue weighted by atomic mass is 32.2. The summed E-state index contributed by atoms with van der Waals surface area (Å²) >= 11 is 0. The second kappa shape index (κ2) is 2.99. The summed E-state index contributed by atoms with van der Waals surface area (Å²) in [5, 5.41) is 0. The van der Waals surface area contributed by atoms with E-state index in [9.17, 15) is 8.42 Å². The summed E-state index contributed by atoms with van der Waals surface area (Å²) in [5.41, 5.74) is -0.172. The first-order valence-corrected chi connectivity index (χ1v) is 7.96. The van der Waals surface area contributed by atoms with Gasteiger partial charge in [-0.1, -0.05) is 18.2 Å². The molecule has 0 spiro atoms. The zero-order valence-electron chi connectivity index (χ0n) is 10.3. The molecule has 3 fully saturated rings. The first kappa shape index (κ1) is 11.0. The van der Waals surface area contributed by atoms with Crippen LogP contribution in [0.4, 0.5) is 0 Å². The van der Waals surface area contributed by atoms with Crippen LogP contribution >= 0.6 is 0 Å². The van der Waals surface area contributed by atoms with Gasteiger partial charge < -0.3 is 4.74 Å². The molecule has 0 radical (unpaired) electrons. The molecule has 0 amide bonds. The van der Waals surface area contributed by atoms with Gasteiger partial charge in [0.2, 0.25) is 0 Å². The van der Waals surface area contributed by atoms with Crippen LogP contribution < -0.4 is 0 Å². The predicted molar refractivity (Wildman–Crippen MR) is 67.0 cm³/mol. The van der Waals surface area contributed by atoms with Gasteiger partial charge in [-0.05, 0) is 44.2 Å². The summed E-state index contributed by atoms with van der Waals surface area (Å²) in [5.74, 6) is 0.309. The van der Waals surface area contributed by atoms with E-state index >= 15 is 0 Å². The average Bonchev–Trinajstić information content (AvgIpc) is 3.21. The maximum absolute atomic E-state index is 12.8. The van der Waals surface area contributed by atoms with E-state index in [1.807, 2.05) is 6.07 Å². The molecule has 18 heavy (non-hydrogen) atoms. The molecule has 0 aromatic heterocycles. The fourth-order valence-electron chi connectivity index (χ4n) is 3.79. The normalized spacial score (nSPS) is 44.9. The summed E-state index contributed by atoms with van der Waals surface area (Å²) in [6.07, 6.45) is 2.70. The van der Waals surface area contributed by atoms with Crippen molar-refractivity contribution in [2.75, 3.05) is 0 Å². The Labute approximate surface area is 107 Å². The Kier molecular flexibility index (Phi) is 1.83. The number of hydrogen-bond acceptors (Lipinski definition) is 3. The van der Waals surface area contributed by atoms with Crippen LogP contribution in [0.2, 0.25) is 0 Å². The van der Waals surface area contributed by atoms with Crippen molar-refractivity contribution in [3.63, 3.8) is 0 Å². The Bertz CT molecular complexity index is 609. The van der Waals surface area contributed by atoms with Crippen molar-refractivity contribution < 1.29 is 13.2 Å². The highest BCUT2D eigenvalue weighted by molar-refractivity contribution is 7.93. The topological polar surface area (TPSA) is 46.7 Å². The maximum Gasteiger partial charge on any atom is 0.187 e. The molecule has 1 saturated heterocycles. The Hall–Kier alpha value is -0.870. The average molecular weight is 264 g/mol. The van der Waals surface area contributed by atoms with Crippen LogP contribution in [0.3, 0.4) is 0 Å². The lowest BCUT2D eigenvalue weighted by Gasteiger charge is -2.22. The van der Waals surface area contributed by atoms with Gasteiger partial charge in [-0.15, -0.1) is 0 Å². The minimum absolute atomic E-state index is 0.0750. The lowest BCUT2D eigenvalue weighted by Crippen LogP contribution is -2.38. The maximum atomic E-state index is 12.8. The van der Waals surface area contributed by atoms with Gasteiger partial charge >= 0.3 is 0 Å². The van der Waals surface area contributed by atoms with Crippen LogP contribution in [0.5, 0.6) is 0 Å². The molecular formula is C14H16O3S. The summed E-state index contributed by atoms with van der Waals surface area (Å²) in [7, 11) is -3.26. The van der Waals surface area contributed by atoms with Gasteiger partial charge in [-0.2, -0.15) is 0 Å². The third-order valence-corrected chi connectivity index (χ3v) is 7.58. The van der Waals surface area contributed by atoms with Gasteiger partial charge in [0.1, 0.15) is 10.9 Å². The van der Waals surface area contributed by atoms with Gasteiger partial charge in [0.05, 0.1) is 10.5 Å². The summed E-state index contributed by atoms with van der Waals surface area (Å²) in [4.78, 5) is 0.451. The first-order valence-electron chi connectivity index (χ1n) is 6.48. The molecule has 4 atom stereocenters. The van der Waals surface area contributed by atoms with E-state index in [0.717, 1.165) is 19.3 Å². The molecule has 4 rings (SSSR count). The molecule has 2 saturated carbocycles. The van der Waals surface area contributed by atoms with Crippen molar-refractivity contribution in [2.45, 2.75) is 47.5 Å². The third-order valence-electron chi connectivity index (χ3n) is 4.97. The Balaban J connectivity index is 1.81. The Morgan fingerprint density at radius 3 is 2.72 bits per heavy atom. The van der Waals surface area contributed by atoms with Crippen LogP contribution in [0.15, 0.2) is 35.2 Å². The smallest absolute Gasteiger partial charge is 0.187 e. The fraction of sp³-hybridized carbons (Fsp3) is 0.571. The first-order chi connectivity index (χ1) is 8.51. The van der Waals surface area contributed by atoms with Gasteiger partial charge in [-0.3, -0.25) is 0 Å². The molecule has 0 bridgehead atoms. The lowest BCUT2D eigenvalue weighted by molar-refractivity contribution is 0.298. The number of hydrogen-bond donors (Lipinski definition) is 0.